The third kappa shape index (κ3) is 5.13. The number of halogens is 1. The summed E-state index contributed by atoms with van der Waals surface area (Å²) < 4.78 is 0. The van der Waals surface area contributed by atoms with Crippen molar-refractivity contribution in [1.82, 2.24) is 10.2 Å². The first-order valence-corrected chi connectivity index (χ1v) is 8.09. The fourth-order valence-electron chi connectivity index (χ4n) is 2.85. The van der Waals surface area contributed by atoms with Crippen molar-refractivity contribution in [3.8, 4) is 0 Å². The van der Waals surface area contributed by atoms with Crippen LogP contribution in [-0.4, -0.2) is 42.4 Å². The Labute approximate surface area is 143 Å². The van der Waals surface area contributed by atoms with Crippen molar-refractivity contribution in [1.29, 1.82) is 0 Å². The fraction of sp³-hybridized carbons (Fsp3) is 0.529. The van der Waals surface area contributed by atoms with Crippen LogP contribution in [0.3, 0.4) is 0 Å². The number of carbonyl (C=O) groups is 2. The van der Waals surface area contributed by atoms with E-state index < -0.39 is 0 Å². The highest BCUT2D eigenvalue weighted by Crippen LogP contribution is 2.31. The number of amides is 2. The van der Waals surface area contributed by atoms with Gasteiger partial charge in [-0.2, -0.15) is 0 Å². The molecule has 0 radical (unpaired) electrons. The van der Waals surface area contributed by atoms with E-state index in [0.717, 1.165) is 44.5 Å². The number of para-hydroxylation sites is 1. The molecule has 0 atom stereocenters. The molecule has 23 heavy (non-hydrogen) atoms. The molecule has 1 aliphatic heterocycles. The van der Waals surface area contributed by atoms with Gasteiger partial charge in [0.15, 0.2) is 0 Å². The molecule has 1 heterocycles. The van der Waals surface area contributed by atoms with Crippen LogP contribution in [0.5, 0.6) is 0 Å². The summed E-state index contributed by atoms with van der Waals surface area (Å²) in [6, 6.07) is 9.89. The van der Waals surface area contributed by atoms with Gasteiger partial charge in [-0.3, -0.25) is 9.59 Å². The molecule has 3 rings (SSSR count). The molecule has 1 aromatic rings. The number of hydrogen-bond acceptors (Lipinski definition) is 3. The predicted octanol–water partition coefficient (Wildman–Crippen LogP) is 2.04. The third-order valence-electron chi connectivity index (χ3n) is 4.33. The van der Waals surface area contributed by atoms with E-state index in [9.17, 15) is 9.59 Å². The van der Waals surface area contributed by atoms with Crippen LogP contribution in [-0.2, 0) is 9.59 Å². The highest BCUT2D eigenvalue weighted by atomic mass is 35.5. The van der Waals surface area contributed by atoms with Gasteiger partial charge < -0.3 is 15.5 Å². The Morgan fingerprint density at radius 1 is 1.04 bits per heavy atom. The normalized spacial score (nSPS) is 18.0. The van der Waals surface area contributed by atoms with E-state index in [0.29, 0.717) is 11.8 Å². The summed E-state index contributed by atoms with van der Waals surface area (Å²) >= 11 is 0. The molecule has 0 unspecified atom stereocenters. The molecule has 1 saturated heterocycles. The summed E-state index contributed by atoms with van der Waals surface area (Å²) in [5.41, 5.74) is 0.947. The Morgan fingerprint density at radius 2 is 1.70 bits per heavy atom. The van der Waals surface area contributed by atoms with Crippen LogP contribution in [0.2, 0.25) is 0 Å². The third-order valence-corrected chi connectivity index (χ3v) is 4.33. The molecular weight excluding hydrogens is 314 g/mol. The molecule has 2 N–H and O–H groups in total. The number of rotatable bonds is 5. The Morgan fingerprint density at radius 3 is 2.30 bits per heavy atom. The Hall–Kier alpha value is -1.75. The molecule has 1 aliphatic carbocycles. The molecule has 2 amide bonds. The standard InChI is InChI=1S/C17H23N3O2.ClH/c21-16(12-18-14-4-2-1-3-5-14)19-15-8-10-20(11-9-15)17(22)13-6-7-13;/h1-5,13,15,18H,6-12H2,(H,19,21);1H. The van der Waals surface area contributed by atoms with Gasteiger partial charge in [0.1, 0.15) is 0 Å². The van der Waals surface area contributed by atoms with Crippen LogP contribution in [0.1, 0.15) is 25.7 Å². The Bertz CT molecular complexity index is 526. The van der Waals surface area contributed by atoms with Gasteiger partial charge in [0.25, 0.3) is 0 Å². The molecular formula is C17H24ClN3O2. The van der Waals surface area contributed by atoms with E-state index in [2.05, 4.69) is 10.6 Å². The average molecular weight is 338 g/mol. The summed E-state index contributed by atoms with van der Waals surface area (Å²) in [5.74, 6) is 0.618. The lowest BCUT2D eigenvalue weighted by atomic mass is 10.0. The number of piperidine rings is 1. The summed E-state index contributed by atoms with van der Waals surface area (Å²) in [6.07, 6.45) is 3.83. The first-order chi connectivity index (χ1) is 10.7. The first kappa shape index (κ1) is 17.6. The van der Waals surface area contributed by atoms with Crippen molar-refractivity contribution >= 4 is 29.9 Å². The van der Waals surface area contributed by atoms with Crippen LogP contribution >= 0.6 is 12.4 Å². The highest BCUT2D eigenvalue weighted by molar-refractivity contribution is 5.85. The van der Waals surface area contributed by atoms with Crippen LogP contribution in [0.4, 0.5) is 5.69 Å². The van der Waals surface area contributed by atoms with Gasteiger partial charge in [0.2, 0.25) is 11.8 Å². The largest absolute Gasteiger partial charge is 0.376 e. The zero-order chi connectivity index (χ0) is 15.4. The Kier molecular flexibility index (Phi) is 6.28. The molecule has 5 nitrogen and oxygen atoms in total. The summed E-state index contributed by atoms with van der Waals surface area (Å²) in [6.45, 7) is 1.82. The molecule has 0 aromatic heterocycles. The monoisotopic (exact) mass is 337 g/mol. The second-order valence-corrected chi connectivity index (χ2v) is 6.16. The number of likely N-dealkylation sites (tertiary alicyclic amines) is 1. The van der Waals surface area contributed by atoms with Crippen molar-refractivity contribution < 1.29 is 9.59 Å². The maximum Gasteiger partial charge on any atom is 0.239 e. The SMILES string of the molecule is Cl.O=C(CNc1ccccc1)NC1CCN(C(=O)C2CC2)CC1. The van der Waals surface area contributed by atoms with Gasteiger partial charge in [0, 0.05) is 30.7 Å². The lowest BCUT2D eigenvalue weighted by molar-refractivity contribution is -0.133. The van der Waals surface area contributed by atoms with Crippen LogP contribution in [0.25, 0.3) is 0 Å². The molecule has 2 fully saturated rings. The number of nitrogens with zero attached hydrogens (tertiary/aromatic N) is 1. The van der Waals surface area contributed by atoms with Crippen molar-refractivity contribution in [3.05, 3.63) is 30.3 Å². The number of carbonyl (C=O) groups excluding carboxylic acids is 2. The Balaban J connectivity index is 0.00000192. The molecule has 2 aliphatic rings. The van der Waals surface area contributed by atoms with Gasteiger partial charge >= 0.3 is 0 Å². The van der Waals surface area contributed by atoms with E-state index in [1.165, 1.54) is 0 Å². The van der Waals surface area contributed by atoms with E-state index in [4.69, 9.17) is 0 Å². The van der Waals surface area contributed by atoms with Crippen LogP contribution in [0.15, 0.2) is 30.3 Å². The minimum Gasteiger partial charge on any atom is -0.376 e. The van der Waals surface area contributed by atoms with Gasteiger partial charge in [-0.15, -0.1) is 12.4 Å². The highest BCUT2D eigenvalue weighted by Gasteiger charge is 2.34. The minimum absolute atomic E-state index is 0. The lowest BCUT2D eigenvalue weighted by Crippen LogP contribution is -2.48. The predicted molar refractivity (Wildman–Crippen MR) is 92.6 cm³/mol. The molecule has 0 spiro atoms. The van der Waals surface area contributed by atoms with Crippen LogP contribution < -0.4 is 10.6 Å². The topological polar surface area (TPSA) is 61.4 Å². The smallest absolute Gasteiger partial charge is 0.239 e. The number of anilines is 1. The maximum atomic E-state index is 12.0. The zero-order valence-electron chi connectivity index (χ0n) is 13.2. The average Bonchev–Trinajstić information content (AvgIpc) is 3.39. The maximum absolute atomic E-state index is 12.0. The van der Waals surface area contributed by atoms with Crippen molar-refractivity contribution in [2.75, 3.05) is 25.0 Å². The summed E-state index contributed by atoms with van der Waals surface area (Å²) in [4.78, 5) is 25.9. The van der Waals surface area contributed by atoms with Gasteiger partial charge in [0.05, 0.1) is 6.54 Å². The molecule has 6 heteroatoms. The molecule has 0 bridgehead atoms. The molecule has 126 valence electrons. The number of hydrogen-bond donors (Lipinski definition) is 2. The van der Waals surface area contributed by atoms with Crippen LogP contribution in [0, 0.1) is 5.92 Å². The van der Waals surface area contributed by atoms with Crippen molar-refractivity contribution in [2.45, 2.75) is 31.7 Å². The number of benzene rings is 1. The first-order valence-electron chi connectivity index (χ1n) is 8.09. The lowest BCUT2D eigenvalue weighted by Gasteiger charge is -2.32. The van der Waals surface area contributed by atoms with E-state index in [1.807, 2.05) is 35.2 Å². The zero-order valence-corrected chi connectivity index (χ0v) is 14.0. The molecule has 1 saturated carbocycles. The number of nitrogens with one attached hydrogen (secondary N) is 2. The summed E-state index contributed by atoms with van der Waals surface area (Å²) in [7, 11) is 0. The van der Waals surface area contributed by atoms with Crippen molar-refractivity contribution in [3.63, 3.8) is 0 Å². The summed E-state index contributed by atoms with van der Waals surface area (Å²) in [5, 5.41) is 6.16. The van der Waals surface area contributed by atoms with E-state index in [1.54, 1.807) is 0 Å². The van der Waals surface area contributed by atoms with E-state index in [-0.39, 0.29) is 30.9 Å². The van der Waals surface area contributed by atoms with Crippen molar-refractivity contribution in [2.24, 2.45) is 5.92 Å². The van der Waals surface area contributed by atoms with Gasteiger partial charge in [-0.25, -0.2) is 0 Å². The van der Waals surface area contributed by atoms with Gasteiger partial charge in [-0.05, 0) is 37.8 Å². The molecule has 1 aromatic carbocycles. The quantitative estimate of drug-likeness (QED) is 0.864. The minimum atomic E-state index is 0. The second-order valence-electron chi connectivity index (χ2n) is 6.16. The second kappa shape index (κ2) is 8.20. The van der Waals surface area contributed by atoms with E-state index >= 15 is 0 Å². The van der Waals surface area contributed by atoms with Gasteiger partial charge in [-0.1, -0.05) is 18.2 Å². The fourth-order valence-corrected chi connectivity index (χ4v) is 2.85.